The molecule has 1 fully saturated rings. The lowest BCUT2D eigenvalue weighted by Gasteiger charge is -2.28. The molecule has 2 N–H and O–H groups in total. The molecule has 0 unspecified atom stereocenters. The molecule has 2 rings (SSSR count). The van der Waals surface area contributed by atoms with E-state index in [4.69, 9.17) is 12.2 Å². The molecule has 2 nitrogen and oxygen atoms in total. The van der Waals surface area contributed by atoms with Gasteiger partial charge in [-0.2, -0.15) is 0 Å². The second-order valence-electron chi connectivity index (χ2n) is 5.77. The summed E-state index contributed by atoms with van der Waals surface area (Å²) in [5, 5.41) is 7.53. The molecular weight excluding hydrogens is 252 g/mol. The van der Waals surface area contributed by atoms with Crippen molar-refractivity contribution in [3.8, 4) is 0 Å². The van der Waals surface area contributed by atoms with Gasteiger partial charge in [0, 0.05) is 12.6 Å². The van der Waals surface area contributed by atoms with Gasteiger partial charge in [-0.1, -0.05) is 36.8 Å². The van der Waals surface area contributed by atoms with Crippen LogP contribution in [0.3, 0.4) is 0 Å². The van der Waals surface area contributed by atoms with Gasteiger partial charge in [-0.15, -0.1) is 0 Å². The van der Waals surface area contributed by atoms with Crippen LogP contribution in [0.25, 0.3) is 0 Å². The van der Waals surface area contributed by atoms with Gasteiger partial charge in [0.25, 0.3) is 0 Å². The molecule has 0 saturated heterocycles. The lowest BCUT2D eigenvalue weighted by Crippen LogP contribution is -2.43. The lowest BCUT2D eigenvalue weighted by atomic mass is 9.87. The Morgan fingerprint density at radius 3 is 2.42 bits per heavy atom. The van der Waals surface area contributed by atoms with Crippen LogP contribution in [0.1, 0.15) is 43.7 Å². The molecule has 19 heavy (non-hydrogen) atoms. The predicted molar refractivity (Wildman–Crippen MR) is 85.2 cm³/mol. The van der Waals surface area contributed by atoms with E-state index in [2.05, 4.69) is 48.7 Å². The first-order valence-corrected chi connectivity index (χ1v) is 7.64. The Kier molecular flexibility index (Phi) is 5.20. The Morgan fingerprint density at radius 1 is 1.16 bits per heavy atom. The smallest absolute Gasteiger partial charge is 0.166 e. The van der Waals surface area contributed by atoms with Gasteiger partial charge in [0.2, 0.25) is 0 Å². The van der Waals surface area contributed by atoms with Crippen LogP contribution in [0, 0.1) is 12.8 Å². The van der Waals surface area contributed by atoms with Crippen LogP contribution in [0.2, 0.25) is 0 Å². The van der Waals surface area contributed by atoms with Crippen LogP contribution in [-0.2, 0) is 6.54 Å². The minimum Gasteiger partial charge on any atom is -0.360 e. The monoisotopic (exact) mass is 276 g/mol. The van der Waals surface area contributed by atoms with E-state index in [0.29, 0.717) is 6.04 Å². The standard InChI is InChI=1S/C16H24N2S/c1-12-3-7-14(8-4-12)11-17-16(19)18-15-9-5-13(2)6-10-15/h3-4,7-8,13,15H,5-6,9-11H2,1-2H3,(H2,17,18,19). The summed E-state index contributed by atoms with van der Waals surface area (Å²) < 4.78 is 0. The Balaban J connectivity index is 1.71. The molecule has 3 heteroatoms. The van der Waals surface area contributed by atoms with Crippen molar-refractivity contribution in [2.24, 2.45) is 5.92 Å². The predicted octanol–water partition coefficient (Wildman–Crippen LogP) is 3.54. The van der Waals surface area contributed by atoms with E-state index >= 15 is 0 Å². The molecule has 0 bridgehead atoms. The molecule has 0 aromatic heterocycles. The van der Waals surface area contributed by atoms with E-state index in [9.17, 15) is 0 Å². The summed E-state index contributed by atoms with van der Waals surface area (Å²) in [4.78, 5) is 0. The minimum atomic E-state index is 0.564. The molecule has 0 radical (unpaired) electrons. The van der Waals surface area contributed by atoms with Crippen LogP contribution < -0.4 is 10.6 Å². The van der Waals surface area contributed by atoms with Gasteiger partial charge >= 0.3 is 0 Å². The van der Waals surface area contributed by atoms with Crippen LogP contribution in [-0.4, -0.2) is 11.2 Å². The van der Waals surface area contributed by atoms with Crippen molar-refractivity contribution in [2.45, 2.75) is 52.1 Å². The lowest BCUT2D eigenvalue weighted by molar-refractivity contribution is 0.330. The fraction of sp³-hybridized carbons (Fsp3) is 0.562. The number of aryl methyl sites for hydroxylation is 1. The Bertz CT molecular complexity index is 405. The highest BCUT2D eigenvalue weighted by Gasteiger charge is 2.18. The molecule has 1 saturated carbocycles. The third-order valence-electron chi connectivity index (χ3n) is 3.92. The maximum absolute atomic E-state index is 5.37. The second kappa shape index (κ2) is 6.90. The van der Waals surface area contributed by atoms with E-state index in [1.807, 2.05) is 0 Å². The number of nitrogens with one attached hydrogen (secondary N) is 2. The van der Waals surface area contributed by atoms with Crippen LogP contribution in [0.5, 0.6) is 0 Å². The van der Waals surface area contributed by atoms with Gasteiger partial charge in [-0.05, 0) is 56.3 Å². The quantitative estimate of drug-likeness (QED) is 0.826. The maximum Gasteiger partial charge on any atom is 0.166 e. The Labute approximate surface area is 122 Å². The number of thiocarbonyl (C=S) groups is 1. The molecule has 104 valence electrons. The summed E-state index contributed by atoms with van der Waals surface area (Å²) >= 11 is 5.37. The highest BCUT2D eigenvalue weighted by atomic mass is 32.1. The van der Waals surface area contributed by atoms with Crippen molar-refractivity contribution in [3.05, 3.63) is 35.4 Å². The number of hydrogen-bond donors (Lipinski definition) is 2. The SMILES string of the molecule is Cc1ccc(CNC(=S)NC2CCC(C)CC2)cc1. The number of hydrogen-bond acceptors (Lipinski definition) is 1. The summed E-state index contributed by atoms with van der Waals surface area (Å²) in [7, 11) is 0. The molecule has 1 aromatic carbocycles. The zero-order valence-electron chi connectivity index (χ0n) is 11.9. The maximum atomic E-state index is 5.37. The van der Waals surface area contributed by atoms with Crippen molar-refractivity contribution in [2.75, 3.05) is 0 Å². The molecule has 0 heterocycles. The Morgan fingerprint density at radius 2 is 1.79 bits per heavy atom. The number of rotatable bonds is 3. The molecule has 0 spiro atoms. The van der Waals surface area contributed by atoms with Crippen LogP contribution in [0.15, 0.2) is 24.3 Å². The summed E-state index contributed by atoms with van der Waals surface area (Å²) in [5.74, 6) is 0.882. The third kappa shape index (κ3) is 4.83. The van der Waals surface area contributed by atoms with Gasteiger partial charge in [0.05, 0.1) is 0 Å². The highest BCUT2D eigenvalue weighted by molar-refractivity contribution is 7.80. The van der Waals surface area contributed by atoms with E-state index < -0.39 is 0 Å². The fourth-order valence-corrected chi connectivity index (χ4v) is 2.77. The third-order valence-corrected chi connectivity index (χ3v) is 4.19. The molecule has 0 atom stereocenters. The largest absolute Gasteiger partial charge is 0.360 e. The van der Waals surface area contributed by atoms with Crippen molar-refractivity contribution in [3.63, 3.8) is 0 Å². The van der Waals surface area contributed by atoms with Crippen molar-refractivity contribution >= 4 is 17.3 Å². The summed E-state index contributed by atoms with van der Waals surface area (Å²) in [6.45, 7) is 5.24. The van der Waals surface area contributed by atoms with E-state index in [1.165, 1.54) is 36.8 Å². The van der Waals surface area contributed by atoms with Gasteiger partial charge < -0.3 is 10.6 Å². The molecule has 0 amide bonds. The molecule has 0 aliphatic heterocycles. The van der Waals surface area contributed by atoms with Gasteiger partial charge in [-0.25, -0.2) is 0 Å². The summed E-state index contributed by atoms with van der Waals surface area (Å²) in [6, 6.07) is 9.13. The van der Waals surface area contributed by atoms with Gasteiger partial charge in [-0.3, -0.25) is 0 Å². The highest BCUT2D eigenvalue weighted by Crippen LogP contribution is 2.23. The molecular formula is C16H24N2S. The minimum absolute atomic E-state index is 0.564. The number of benzene rings is 1. The van der Waals surface area contributed by atoms with E-state index in [0.717, 1.165) is 17.6 Å². The molecule has 1 aromatic rings. The zero-order valence-corrected chi connectivity index (χ0v) is 12.7. The fourth-order valence-electron chi connectivity index (χ4n) is 2.53. The van der Waals surface area contributed by atoms with E-state index in [1.54, 1.807) is 0 Å². The first-order valence-electron chi connectivity index (χ1n) is 7.23. The van der Waals surface area contributed by atoms with Crippen molar-refractivity contribution < 1.29 is 0 Å². The van der Waals surface area contributed by atoms with Crippen molar-refractivity contribution in [1.29, 1.82) is 0 Å². The topological polar surface area (TPSA) is 24.1 Å². The average Bonchev–Trinajstić information content (AvgIpc) is 2.41. The zero-order chi connectivity index (χ0) is 13.7. The normalized spacial score (nSPS) is 22.8. The first kappa shape index (κ1) is 14.3. The Hall–Kier alpha value is -1.09. The van der Waals surface area contributed by atoms with Crippen LogP contribution >= 0.6 is 12.2 Å². The van der Waals surface area contributed by atoms with E-state index in [-0.39, 0.29) is 0 Å². The van der Waals surface area contributed by atoms with Crippen molar-refractivity contribution in [1.82, 2.24) is 10.6 Å². The molecule has 1 aliphatic carbocycles. The summed E-state index contributed by atoms with van der Waals surface area (Å²) in [6.07, 6.45) is 5.12. The second-order valence-corrected chi connectivity index (χ2v) is 6.18. The summed E-state index contributed by atoms with van der Waals surface area (Å²) in [5.41, 5.74) is 2.56. The van der Waals surface area contributed by atoms with Gasteiger partial charge in [0.15, 0.2) is 5.11 Å². The van der Waals surface area contributed by atoms with Gasteiger partial charge in [0.1, 0.15) is 0 Å². The van der Waals surface area contributed by atoms with Crippen LogP contribution in [0.4, 0.5) is 0 Å². The average molecular weight is 276 g/mol. The molecule has 1 aliphatic rings. The first-order chi connectivity index (χ1) is 9.13.